The Bertz CT molecular complexity index is 639. The Labute approximate surface area is 98.0 Å². The first kappa shape index (κ1) is 11.0. The predicted molar refractivity (Wildman–Crippen MR) is 61.3 cm³/mol. The molecule has 0 saturated heterocycles. The van der Waals surface area contributed by atoms with E-state index >= 15 is 0 Å². The number of hydrogen-bond acceptors (Lipinski definition) is 4. The average molecular weight is 226 g/mol. The molecular formula is C12H10N4O. The van der Waals surface area contributed by atoms with E-state index in [2.05, 4.69) is 9.97 Å². The van der Waals surface area contributed by atoms with Gasteiger partial charge in [-0.05, 0) is 24.6 Å². The smallest absolute Gasteiger partial charge is 0.253 e. The van der Waals surface area contributed by atoms with E-state index in [0.717, 1.165) is 5.56 Å². The van der Waals surface area contributed by atoms with Crippen molar-refractivity contribution in [3.05, 3.63) is 58.0 Å². The molecule has 0 aliphatic rings. The summed E-state index contributed by atoms with van der Waals surface area (Å²) < 4.78 is 1.49. The van der Waals surface area contributed by atoms with Crippen LogP contribution in [-0.4, -0.2) is 14.5 Å². The van der Waals surface area contributed by atoms with Crippen LogP contribution >= 0.6 is 0 Å². The summed E-state index contributed by atoms with van der Waals surface area (Å²) in [6.07, 6.45) is 3.06. The molecule has 0 fully saturated rings. The summed E-state index contributed by atoms with van der Waals surface area (Å²) in [5.74, 6) is 0. The van der Waals surface area contributed by atoms with Gasteiger partial charge >= 0.3 is 0 Å². The quantitative estimate of drug-likeness (QED) is 0.761. The molecule has 5 nitrogen and oxygen atoms in total. The zero-order chi connectivity index (χ0) is 12.3. The first-order valence-corrected chi connectivity index (χ1v) is 5.07. The maximum atomic E-state index is 11.6. The molecule has 0 aromatic carbocycles. The first-order valence-electron chi connectivity index (χ1n) is 5.07. The third-order valence-electron chi connectivity index (χ3n) is 2.31. The van der Waals surface area contributed by atoms with Crippen LogP contribution in [0.25, 0.3) is 0 Å². The second-order valence-corrected chi connectivity index (χ2v) is 3.66. The number of hydrogen-bond donors (Lipinski definition) is 0. The van der Waals surface area contributed by atoms with E-state index in [0.29, 0.717) is 17.9 Å². The Balaban J connectivity index is 2.32. The Hall–Kier alpha value is -2.48. The largest absolute Gasteiger partial charge is 0.295 e. The van der Waals surface area contributed by atoms with Crippen LogP contribution in [0.5, 0.6) is 0 Å². The van der Waals surface area contributed by atoms with Crippen LogP contribution in [0.2, 0.25) is 0 Å². The minimum absolute atomic E-state index is 0.104. The molecule has 17 heavy (non-hydrogen) atoms. The number of aromatic nitrogens is 3. The molecule has 0 amide bonds. The van der Waals surface area contributed by atoms with Crippen LogP contribution in [0.4, 0.5) is 0 Å². The molecule has 0 aliphatic heterocycles. The van der Waals surface area contributed by atoms with Gasteiger partial charge in [0.1, 0.15) is 11.8 Å². The van der Waals surface area contributed by atoms with Crippen LogP contribution < -0.4 is 5.56 Å². The van der Waals surface area contributed by atoms with Crippen LogP contribution in [0.3, 0.4) is 0 Å². The number of rotatable bonds is 2. The van der Waals surface area contributed by atoms with Crippen molar-refractivity contribution in [2.45, 2.75) is 13.5 Å². The van der Waals surface area contributed by atoms with Crippen molar-refractivity contribution in [2.24, 2.45) is 0 Å². The number of nitriles is 1. The van der Waals surface area contributed by atoms with Crippen molar-refractivity contribution in [2.75, 3.05) is 0 Å². The van der Waals surface area contributed by atoms with Gasteiger partial charge in [0.05, 0.1) is 12.9 Å². The van der Waals surface area contributed by atoms with E-state index in [1.165, 1.54) is 17.0 Å². The molecule has 0 unspecified atom stereocenters. The van der Waals surface area contributed by atoms with Crippen molar-refractivity contribution in [3.8, 4) is 6.07 Å². The molecule has 84 valence electrons. The topological polar surface area (TPSA) is 71.6 Å². The zero-order valence-electron chi connectivity index (χ0n) is 9.29. The van der Waals surface area contributed by atoms with Gasteiger partial charge in [0, 0.05) is 18.0 Å². The van der Waals surface area contributed by atoms with E-state index in [-0.39, 0.29) is 5.56 Å². The molecule has 0 atom stereocenters. The van der Waals surface area contributed by atoms with Gasteiger partial charge in [-0.3, -0.25) is 9.36 Å². The normalized spacial score (nSPS) is 9.88. The average Bonchev–Trinajstić information content (AvgIpc) is 2.33. The summed E-state index contributed by atoms with van der Waals surface area (Å²) in [5.41, 5.74) is 1.78. The van der Waals surface area contributed by atoms with Crippen molar-refractivity contribution in [1.82, 2.24) is 14.5 Å². The summed E-state index contributed by atoms with van der Waals surface area (Å²) in [6.45, 7) is 2.16. The van der Waals surface area contributed by atoms with Gasteiger partial charge in [-0.2, -0.15) is 5.26 Å². The highest BCUT2D eigenvalue weighted by molar-refractivity contribution is 5.25. The fourth-order valence-electron chi connectivity index (χ4n) is 1.47. The van der Waals surface area contributed by atoms with Gasteiger partial charge in [0.2, 0.25) is 0 Å². The molecule has 2 aromatic heterocycles. The summed E-state index contributed by atoms with van der Waals surface area (Å²) in [5, 5.41) is 8.73. The maximum absolute atomic E-state index is 11.6. The second-order valence-electron chi connectivity index (χ2n) is 3.66. The van der Waals surface area contributed by atoms with Crippen LogP contribution in [0, 0.1) is 18.3 Å². The molecule has 0 bridgehead atoms. The third kappa shape index (κ3) is 2.55. The van der Waals surface area contributed by atoms with E-state index in [4.69, 9.17) is 5.26 Å². The molecule has 0 spiro atoms. The lowest BCUT2D eigenvalue weighted by Gasteiger charge is -2.05. The van der Waals surface area contributed by atoms with Gasteiger partial charge in [0.25, 0.3) is 5.56 Å². The predicted octanol–water partition coefficient (Wildman–Crippen LogP) is 0.867. The summed E-state index contributed by atoms with van der Waals surface area (Å²) >= 11 is 0. The lowest BCUT2D eigenvalue weighted by atomic mass is 10.2. The van der Waals surface area contributed by atoms with Gasteiger partial charge in [0.15, 0.2) is 0 Å². The monoisotopic (exact) mass is 226 g/mol. The highest BCUT2D eigenvalue weighted by Gasteiger charge is 2.00. The number of nitrogens with zero attached hydrogens (tertiary/aromatic N) is 4. The summed E-state index contributed by atoms with van der Waals surface area (Å²) in [6, 6.07) is 6.87. The second kappa shape index (κ2) is 4.58. The lowest BCUT2D eigenvalue weighted by Crippen LogP contribution is -2.20. The molecule has 2 rings (SSSR count). The zero-order valence-corrected chi connectivity index (χ0v) is 9.29. The van der Waals surface area contributed by atoms with Gasteiger partial charge in [-0.15, -0.1) is 0 Å². The van der Waals surface area contributed by atoms with Crippen LogP contribution in [0.15, 0.2) is 35.5 Å². The minimum atomic E-state index is -0.104. The molecule has 0 radical (unpaired) electrons. The number of pyridine rings is 1. The molecule has 0 aliphatic carbocycles. The van der Waals surface area contributed by atoms with E-state index in [1.807, 2.05) is 6.07 Å². The highest BCUT2D eigenvalue weighted by Crippen LogP contribution is 2.02. The van der Waals surface area contributed by atoms with E-state index in [1.54, 1.807) is 25.3 Å². The third-order valence-corrected chi connectivity index (χ3v) is 2.31. The van der Waals surface area contributed by atoms with E-state index in [9.17, 15) is 4.79 Å². The van der Waals surface area contributed by atoms with Gasteiger partial charge in [-0.1, -0.05) is 0 Å². The van der Waals surface area contributed by atoms with E-state index < -0.39 is 0 Å². The molecule has 2 heterocycles. The Morgan fingerprint density at radius 2 is 2.24 bits per heavy atom. The Morgan fingerprint density at radius 3 is 2.94 bits per heavy atom. The fraction of sp³-hybridized carbons (Fsp3) is 0.167. The Kier molecular flexibility index (Phi) is 2.97. The molecule has 0 N–H and O–H groups in total. The lowest BCUT2D eigenvalue weighted by molar-refractivity contribution is 0.729. The first-order chi connectivity index (χ1) is 8.19. The van der Waals surface area contributed by atoms with Crippen LogP contribution in [-0.2, 0) is 6.54 Å². The fourth-order valence-corrected chi connectivity index (χ4v) is 1.47. The summed E-state index contributed by atoms with van der Waals surface area (Å²) in [4.78, 5) is 19.6. The molecular weight excluding hydrogens is 216 g/mol. The molecule has 0 saturated carbocycles. The SMILES string of the molecule is Cc1cc(=O)n(Cc2ccnc(C#N)c2)cn1. The van der Waals surface area contributed by atoms with Crippen molar-refractivity contribution in [3.63, 3.8) is 0 Å². The standard InChI is InChI=1S/C12H10N4O/c1-9-4-12(17)16(8-15-9)7-10-2-3-14-11(5-10)6-13/h2-5,8H,7H2,1H3. The molecule has 2 aromatic rings. The number of aryl methyl sites for hydroxylation is 1. The van der Waals surface area contributed by atoms with Crippen molar-refractivity contribution in [1.29, 1.82) is 5.26 Å². The maximum Gasteiger partial charge on any atom is 0.253 e. The highest BCUT2D eigenvalue weighted by atomic mass is 16.1. The minimum Gasteiger partial charge on any atom is -0.295 e. The summed E-state index contributed by atoms with van der Waals surface area (Å²) in [7, 11) is 0. The van der Waals surface area contributed by atoms with Gasteiger partial charge < -0.3 is 0 Å². The van der Waals surface area contributed by atoms with Crippen molar-refractivity contribution < 1.29 is 0 Å². The van der Waals surface area contributed by atoms with Crippen molar-refractivity contribution >= 4 is 0 Å². The van der Waals surface area contributed by atoms with Crippen LogP contribution in [0.1, 0.15) is 17.0 Å². The molecule has 5 heteroatoms. The Morgan fingerprint density at radius 1 is 1.41 bits per heavy atom. The van der Waals surface area contributed by atoms with Gasteiger partial charge in [-0.25, -0.2) is 9.97 Å².